The summed E-state index contributed by atoms with van der Waals surface area (Å²) in [6, 6.07) is 14.7. The molecule has 1 saturated heterocycles. The lowest BCUT2D eigenvalue weighted by atomic mass is 10.1. The topological polar surface area (TPSA) is 79.2 Å². The quantitative estimate of drug-likeness (QED) is 0.615. The molecule has 3 rings (SSSR count). The van der Waals surface area contributed by atoms with Crippen LogP contribution >= 0.6 is 11.6 Å². The number of aryl methyl sites for hydroxylation is 1. The molecule has 2 aromatic rings. The van der Waals surface area contributed by atoms with Crippen molar-refractivity contribution < 1.29 is 24.5 Å². The number of nitrogens with zero attached hydrogens (tertiary/aromatic N) is 1. The van der Waals surface area contributed by atoms with Gasteiger partial charge in [0.1, 0.15) is 30.3 Å². The van der Waals surface area contributed by atoms with E-state index in [9.17, 15) is 9.90 Å². The second-order valence-electron chi connectivity index (χ2n) is 7.21. The van der Waals surface area contributed by atoms with Gasteiger partial charge in [0.15, 0.2) is 0 Å². The maximum atomic E-state index is 10.8. The van der Waals surface area contributed by atoms with E-state index in [1.807, 2.05) is 30.3 Å². The second kappa shape index (κ2) is 10.5. The third-order valence-electron chi connectivity index (χ3n) is 4.83. The van der Waals surface area contributed by atoms with Gasteiger partial charge < -0.3 is 19.7 Å². The highest BCUT2D eigenvalue weighted by atomic mass is 35.5. The number of rotatable bonds is 10. The van der Waals surface area contributed by atoms with Gasteiger partial charge in [-0.2, -0.15) is 0 Å². The van der Waals surface area contributed by atoms with Gasteiger partial charge in [-0.15, -0.1) is 0 Å². The Labute approximate surface area is 175 Å². The van der Waals surface area contributed by atoms with Crippen molar-refractivity contribution in [3.05, 3.63) is 59.1 Å². The van der Waals surface area contributed by atoms with Crippen LogP contribution in [0.15, 0.2) is 48.5 Å². The Morgan fingerprint density at radius 3 is 2.72 bits per heavy atom. The number of carboxylic acids is 1. The molecular weight excluding hydrogens is 394 g/mol. The Kier molecular flexibility index (Phi) is 7.75. The predicted octanol–water partition coefficient (Wildman–Crippen LogP) is 3.25. The van der Waals surface area contributed by atoms with E-state index < -0.39 is 12.1 Å². The van der Waals surface area contributed by atoms with Crippen LogP contribution in [0.5, 0.6) is 11.5 Å². The number of aliphatic hydroxyl groups excluding tert-OH is 1. The lowest BCUT2D eigenvalue weighted by Gasteiger charge is -2.21. The number of aliphatic carboxylic acids is 1. The number of hydrogen-bond donors (Lipinski definition) is 2. The van der Waals surface area contributed by atoms with Crippen molar-refractivity contribution in [1.82, 2.24) is 4.90 Å². The van der Waals surface area contributed by atoms with Crippen molar-refractivity contribution in [1.29, 1.82) is 0 Å². The Bertz CT molecular complexity index is 798. The second-order valence-corrected chi connectivity index (χ2v) is 7.64. The highest BCUT2D eigenvalue weighted by Crippen LogP contribution is 2.22. The van der Waals surface area contributed by atoms with E-state index in [1.165, 1.54) is 0 Å². The Morgan fingerprint density at radius 2 is 1.97 bits per heavy atom. The number of halogens is 1. The van der Waals surface area contributed by atoms with Crippen molar-refractivity contribution >= 4 is 17.6 Å². The monoisotopic (exact) mass is 419 g/mol. The summed E-state index contributed by atoms with van der Waals surface area (Å²) in [5, 5.41) is 19.9. The molecule has 29 heavy (non-hydrogen) atoms. The number of ether oxygens (including phenoxy) is 2. The number of carboxylic acid groups (broad SMARTS) is 1. The first-order valence-electron chi connectivity index (χ1n) is 9.75. The van der Waals surface area contributed by atoms with Gasteiger partial charge >= 0.3 is 5.97 Å². The average Bonchev–Trinajstić information content (AvgIpc) is 3.13. The number of β-amino-alcohol motifs (C(OH)–C–C–N with tert-alkyl or cyclic N) is 1. The summed E-state index contributed by atoms with van der Waals surface area (Å²) < 4.78 is 11.7. The van der Waals surface area contributed by atoms with Crippen LogP contribution in [0.4, 0.5) is 0 Å². The molecule has 156 valence electrons. The summed E-state index contributed by atoms with van der Waals surface area (Å²) in [6.07, 6.45) is 0.787. The van der Waals surface area contributed by atoms with Gasteiger partial charge in [0.25, 0.3) is 0 Å². The summed E-state index contributed by atoms with van der Waals surface area (Å²) in [4.78, 5) is 13.0. The molecule has 1 heterocycles. The molecule has 0 aromatic heterocycles. The smallest absolute Gasteiger partial charge is 0.303 e. The molecule has 2 atom stereocenters. The zero-order valence-electron chi connectivity index (χ0n) is 16.2. The van der Waals surface area contributed by atoms with E-state index in [2.05, 4.69) is 4.90 Å². The maximum absolute atomic E-state index is 10.8. The highest BCUT2D eigenvalue weighted by Gasteiger charge is 2.25. The summed E-state index contributed by atoms with van der Waals surface area (Å²) in [6.45, 7) is 2.25. The van der Waals surface area contributed by atoms with Gasteiger partial charge in [-0.25, -0.2) is 0 Å². The summed E-state index contributed by atoms with van der Waals surface area (Å²) >= 11 is 5.89. The van der Waals surface area contributed by atoms with Gasteiger partial charge in [-0.3, -0.25) is 9.69 Å². The number of hydrogen-bond acceptors (Lipinski definition) is 5. The van der Waals surface area contributed by atoms with Crippen LogP contribution in [0, 0.1) is 0 Å². The van der Waals surface area contributed by atoms with Crippen molar-refractivity contribution in [3.8, 4) is 11.5 Å². The third-order valence-corrected chi connectivity index (χ3v) is 5.08. The molecule has 2 unspecified atom stereocenters. The van der Waals surface area contributed by atoms with Gasteiger partial charge in [-0.05, 0) is 48.7 Å². The lowest BCUT2D eigenvalue weighted by molar-refractivity contribution is -0.136. The first-order chi connectivity index (χ1) is 14.0. The van der Waals surface area contributed by atoms with E-state index in [1.54, 1.807) is 18.2 Å². The van der Waals surface area contributed by atoms with Gasteiger partial charge in [0.2, 0.25) is 0 Å². The molecule has 0 aliphatic carbocycles. The van der Waals surface area contributed by atoms with Crippen molar-refractivity contribution in [2.45, 2.75) is 31.5 Å². The van der Waals surface area contributed by atoms with Crippen molar-refractivity contribution in [2.24, 2.45) is 0 Å². The normalized spacial score (nSPS) is 17.8. The summed E-state index contributed by atoms with van der Waals surface area (Å²) in [7, 11) is 0. The first-order valence-corrected chi connectivity index (χ1v) is 10.1. The van der Waals surface area contributed by atoms with Crippen LogP contribution in [0.2, 0.25) is 5.02 Å². The van der Waals surface area contributed by atoms with E-state index in [-0.39, 0.29) is 19.1 Å². The fourth-order valence-electron chi connectivity index (χ4n) is 3.39. The highest BCUT2D eigenvalue weighted by molar-refractivity contribution is 6.30. The number of aliphatic hydroxyl groups is 1. The van der Waals surface area contributed by atoms with E-state index in [0.29, 0.717) is 23.7 Å². The SMILES string of the molecule is O=C(O)CCc1ccccc1OCC(O)CN1CCC(Oc2ccc(Cl)cc2)C1. The summed E-state index contributed by atoms with van der Waals surface area (Å²) in [5.74, 6) is 0.575. The van der Waals surface area contributed by atoms with Crippen LogP contribution in [-0.4, -0.2) is 59.5 Å². The molecule has 0 spiro atoms. The zero-order chi connectivity index (χ0) is 20.6. The van der Waals surface area contributed by atoms with Crippen LogP contribution in [0.25, 0.3) is 0 Å². The fourth-order valence-corrected chi connectivity index (χ4v) is 3.52. The van der Waals surface area contributed by atoms with Crippen LogP contribution in [-0.2, 0) is 11.2 Å². The van der Waals surface area contributed by atoms with Gasteiger partial charge in [0, 0.05) is 31.1 Å². The minimum atomic E-state index is -0.843. The van der Waals surface area contributed by atoms with Gasteiger partial charge in [-0.1, -0.05) is 29.8 Å². The maximum Gasteiger partial charge on any atom is 0.303 e. The zero-order valence-corrected chi connectivity index (χ0v) is 16.9. The minimum Gasteiger partial charge on any atom is -0.491 e. The van der Waals surface area contributed by atoms with Crippen LogP contribution in [0.1, 0.15) is 18.4 Å². The Balaban J connectivity index is 1.43. The third kappa shape index (κ3) is 6.92. The molecule has 1 aliphatic heterocycles. The Morgan fingerprint density at radius 1 is 1.21 bits per heavy atom. The molecule has 2 N–H and O–H groups in total. The predicted molar refractivity (Wildman–Crippen MR) is 111 cm³/mol. The number of benzene rings is 2. The van der Waals surface area contributed by atoms with E-state index in [4.69, 9.17) is 26.2 Å². The first kappa shape index (κ1) is 21.4. The van der Waals surface area contributed by atoms with Crippen LogP contribution < -0.4 is 9.47 Å². The molecule has 0 amide bonds. The lowest BCUT2D eigenvalue weighted by Crippen LogP contribution is -2.35. The Hall–Kier alpha value is -2.28. The number of likely N-dealkylation sites (tertiary alicyclic amines) is 1. The standard InChI is InChI=1S/C22H26ClNO5/c23-17-6-8-19(9-7-17)29-20-11-12-24(14-20)13-18(25)15-28-21-4-2-1-3-16(21)5-10-22(26)27/h1-4,6-9,18,20,25H,5,10-15H2,(H,26,27). The molecular formula is C22H26ClNO5. The number of carbonyl (C=O) groups is 1. The van der Waals surface area contributed by atoms with E-state index >= 15 is 0 Å². The minimum absolute atomic E-state index is 0.0473. The molecule has 0 saturated carbocycles. The summed E-state index contributed by atoms with van der Waals surface area (Å²) in [5.41, 5.74) is 0.833. The number of para-hydroxylation sites is 1. The fraction of sp³-hybridized carbons (Fsp3) is 0.409. The van der Waals surface area contributed by atoms with Crippen molar-refractivity contribution in [2.75, 3.05) is 26.2 Å². The molecule has 2 aromatic carbocycles. The van der Waals surface area contributed by atoms with E-state index in [0.717, 1.165) is 30.8 Å². The molecule has 1 fully saturated rings. The molecule has 7 heteroatoms. The van der Waals surface area contributed by atoms with Crippen LogP contribution in [0.3, 0.4) is 0 Å². The molecule has 0 bridgehead atoms. The largest absolute Gasteiger partial charge is 0.491 e. The molecule has 0 radical (unpaired) electrons. The van der Waals surface area contributed by atoms with Gasteiger partial charge in [0.05, 0.1) is 0 Å². The molecule has 1 aliphatic rings. The molecule has 6 nitrogen and oxygen atoms in total. The average molecular weight is 420 g/mol. The van der Waals surface area contributed by atoms with Crippen molar-refractivity contribution in [3.63, 3.8) is 0 Å².